The fraction of sp³-hybridized carbons (Fsp3) is 0.375. The Morgan fingerprint density at radius 1 is 1.30 bits per heavy atom. The van der Waals surface area contributed by atoms with E-state index in [1.807, 2.05) is 19.3 Å². The molecule has 20 heavy (non-hydrogen) atoms. The number of rotatable bonds is 4. The first-order valence-electron chi connectivity index (χ1n) is 7.06. The number of ether oxygens (including phenoxy) is 1. The monoisotopic (exact) mass is 269 g/mol. The standard InChI is InChI=1S/C16H19N3O/c1-3-17-15(14-10-18-11(2)9-19-14)13-6-4-5-12-7-8-20-16(12)13/h4-6,9-10,15,17H,3,7-8H2,1-2H3. The minimum Gasteiger partial charge on any atom is -0.493 e. The van der Waals surface area contributed by atoms with Gasteiger partial charge >= 0.3 is 0 Å². The van der Waals surface area contributed by atoms with Crippen LogP contribution in [-0.2, 0) is 6.42 Å². The molecular weight excluding hydrogens is 250 g/mol. The van der Waals surface area contributed by atoms with Gasteiger partial charge in [-0.3, -0.25) is 9.97 Å². The topological polar surface area (TPSA) is 47.0 Å². The third kappa shape index (κ3) is 2.39. The molecule has 1 N–H and O–H groups in total. The highest BCUT2D eigenvalue weighted by atomic mass is 16.5. The van der Waals surface area contributed by atoms with Crippen LogP contribution in [0.3, 0.4) is 0 Å². The summed E-state index contributed by atoms with van der Waals surface area (Å²) in [6, 6.07) is 6.37. The molecule has 1 atom stereocenters. The summed E-state index contributed by atoms with van der Waals surface area (Å²) < 4.78 is 5.81. The molecule has 1 aromatic heterocycles. The van der Waals surface area contributed by atoms with Crippen LogP contribution in [-0.4, -0.2) is 23.1 Å². The van der Waals surface area contributed by atoms with Gasteiger partial charge in [-0.15, -0.1) is 0 Å². The number of benzene rings is 1. The maximum absolute atomic E-state index is 5.81. The number of hydrogen-bond acceptors (Lipinski definition) is 4. The average Bonchev–Trinajstić information content (AvgIpc) is 2.94. The molecule has 0 bridgehead atoms. The number of aryl methyl sites for hydroxylation is 1. The first-order chi connectivity index (χ1) is 9.79. The van der Waals surface area contributed by atoms with Crippen molar-refractivity contribution in [1.29, 1.82) is 0 Å². The lowest BCUT2D eigenvalue weighted by atomic mass is 9.99. The Hall–Kier alpha value is -1.94. The van der Waals surface area contributed by atoms with Gasteiger partial charge in [0.05, 0.1) is 30.2 Å². The summed E-state index contributed by atoms with van der Waals surface area (Å²) in [4.78, 5) is 8.88. The highest BCUT2D eigenvalue weighted by molar-refractivity contribution is 5.47. The Morgan fingerprint density at radius 2 is 2.20 bits per heavy atom. The van der Waals surface area contributed by atoms with Crippen molar-refractivity contribution in [3.63, 3.8) is 0 Å². The number of para-hydroxylation sites is 1. The van der Waals surface area contributed by atoms with E-state index in [9.17, 15) is 0 Å². The van der Waals surface area contributed by atoms with Crippen LogP contribution in [0.25, 0.3) is 0 Å². The molecule has 4 nitrogen and oxygen atoms in total. The maximum atomic E-state index is 5.81. The predicted octanol–water partition coefficient (Wildman–Crippen LogP) is 2.42. The molecule has 0 fully saturated rings. The van der Waals surface area contributed by atoms with Gasteiger partial charge in [0.2, 0.25) is 0 Å². The highest BCUT2D eigenvalue weighted by Crippen LogP contribution is 2.35. The van der Waals surface area contributed by atoms with E-state index in [4.69, 9.17) is 4.74 Å². The average molecular weight is 269 g/mol. The van der Waals surface area contributed by atoms with Gasteiger partial charge < -0.3 is 10.1 Å². The lowest BCUT2D eigenvalue weighted by Gasteiger charge is -2.20. The number of hydrogen-bond donors (Lipinski definition) is 1. The van der Waals surface area contributed by atoms with Crippen LogP contribution < -0.4 is 10.1 Å². The first-order valence-corrected chi connectivity index (χ1v) is 7.06. The molecule has 4 heteroatoms. The second-order valence-electron chi connectivity index (χ2n) is 5.01. The SMILES string of the molecule is CCNC(c1cnc(C)cn1)c1cccc2c1OCC2. The van der Waals surface area contributed by atoms with Gasteiger partial charge in [0.25, 0.3) is 0 Å². The fourth-order valence-electron chi connectivity index (χ4n) is 2.60. The van der Waals surface area contributed by atoms with Crippen molar-refractivity contribution in [3.8, 4) is 5.75 Å². The summed E-state index contributed by atoms with van der Waals surface area (Å²) in [5, 5.41) is 3.48. The maximum Gasteiger partial charge on any atom is 0.127 e. The summed E-state index contributed by atoms with van der Waals surface area (Å²) in [5.74, 6) is 1.01. The molecule has 0 aliphatic carbocycles. The van der Waals surface area contributed by atoms with Crippen LogP contribution in [0.5, 0.6) is 5.75 Å². The van der Waals surface area contributed by atoms with Crippen LogP contribution in [0, 0.1) is 6.92 Å². The molecule has 2 heterocycles. The van der Waals surface area contributed by atoms with E-state index >= 15 is 0 Å². The van der Waals surface area contributed by atoms with Gasteiger partial charge in [0.1, 0.15) is 5.75 Å². The number of aromatic nitrogens is 2. The van der Waals surface area contributed by atoms with Crippen molar-refractivity contribution in [1.82, 2.24) is 15.3 Å². The lowest BCUT2D eigenvalue weighted by Crippen LogP contribution is -2.23. The molecular formula is C16H19N3O. The van der Waals surface area contributed by atoms with E-state index in [0.717, 1.165) is 42.3 Å². The van der Waals surface area contributed by atoms with Crippen molar-refractivity contribution in [3.05, 3.63) is 53.1 Å². The van der Waals surface area contributed by atoms with Gasteiger partial charge in [-0.25, -0.2) is 0 Å². The molecule has 1 aliphatic heterocycles. The summed E-state index contributed by atoms with van der Waals surface area (Å²) in [5.41, 5.74) is 4.30. The minimum absolute atomic E-state index is 0.0288. The molecule has 1 aromatic carbocycles. The largest absolute Gasteiger partial charge is 0.493 e. The van der Waals surface area contributed by atoms with Crippen LogP contribution in [0.2, 0.25) is 0 Å². The Labute approximate surface area is 119 Å². The second kappa shape index (κ2) is 5.59. The summed E-state index contributed by atoms with van der Waals surface area (Å²) in [7, 11) is 0. The third-order valence-electron chi connectivity index (χ3n) is 3.56. The summed E-state index contributed by atoms with van der Waals surface area (Å²) in [6.45, 7) is 5.68. The van der Waals surface area contributed by atoms with Crippen LogP contribution >= 0.6 is 0 Å². The van der Waals surface area contributed by atoms with E-state index in [-0.39, 0.29) is 6.04 Å². The number of nitrogens with one attached hydrogen (secondary N) is 1. The molecule has 104 valence electrons. The molecule has 0 amide bonds. The zero-order valence-electron chi connectivity index (χ0n) is 11.9. The van der Waals surface area contributed by atoms with Crippen molar-refractivity contribution in [2.45, 2.75) is 26.3 Å². The van der Waals surface area contributed by atoms with E-state index in [1.54, 1.807) is 0 Å². The molecule has 0 saturated heterocycles. The minimum atomic E-state index is 0.0288. The second-order valence-corrected chi connectivity index (χ2v) is 5.01. The summed E-state index contributed by atoms with van der Waals surface area (Å²) in [6.07, 6.45) is 4.64. The zero-order valence-corrected chi connectivity index (χ0v) is 11.9. The van der Waals surface area contributed by atoms with Gasteiger partial charge in [-0.2, -0.15) is 0 Å². The van der Waals surface area contributed by atoms with Crippen molar-refractivity contribution >= 4 is 0 Å². The first kappa shape index (κ1) is 13.1. The number of nitrogens with zero attached hydrogens (tertiary/aromatic N) is 2. The van der Waals surface area contributed by atoms with Crippen LogP contribution in [0.4, 0.5) is 0 Å². The highest BCUT2D eigenvalue weighted by Gasteiger charge is 2.23. The van der Waals surface area contributed by atoms with Gasteiger partial charge in [-0.05, 0) is 19.0 Å². The molecule has 0 spiro atoms. The van der Waals surface area contributed by atoms with Crippen LogP contribution in [0.1, 0.15) is 35.5 Å². The van der Waals surface area contributed by atoms with Crippen molar-refractivity contribution in [2.75, 3.05) is 13.2 Å². The molecule has 0 saturated carbocycles. The van der Waals surface area contributed by atoms with Crippen molar-refractivity contribution < 1.29 is 4.74 Å². The fourth-order valence-corrected chi connectivity index (χ4v) is 2.60. The molecule has 2 aromatic rings. The molecule has 1 unspecified atom stereocenters. The number of fused-ring (bicyclic) bond motifs is 1. The van der Waals surface area contributed by atoms with E-state index < -0.39 is 0 Å². The smallest absolute Gasteiger partial charge is 0.127 e. The quantitative estimate of drug-likeness (QED) is 0.926. The lowest BCUT2D eigenvalue weighted by molar-refractivity contribution is 0.350. The van der Waals surface area contributed by atoms with Gasteiger partial charge in [0, 0.05) is 18.2 Å². The van der Waals surface area contributed by atoms with E-state index in [2.05, 4.69) is 40.4 Å². The van der Waals surface area contributed by atoms with Crippen molar-refractivity contribution in [2.24, 2.45) is 0 Å². The van der Waals surface area contributed by atoms with Gasteiger partial charge in [-0.1, -0.05) is 25.1 Å². The third-order valence-corrected chi connectivity index (χ3v) is 3.56. The summed E-state index contributed by atoms with van der Waals surface area (Å²) >= 11 is 0. The Balaban J connectivity index is 2.03. The van der Waals surface area contributed by atoms with E-state index in [1.165, 1.54) is 5.56 Å². The molecule has 3 rings (SSSR count). The van der Waals surface area contributed by atoms with E-state index in [0.29, 0.717) is 0 Å². The Bertz CT molecular complexity index is 595. The predicted molar refractivity (Wildman–Crippen MR) is 77.9 cm³/mol. The Morgan fingerprint density at radius 3 is 2.95 bits per heavy atom. The molecule has 0 radical (unpaired) electrons. The van der Waals surface area contributed by atoms with Crippen LogP contribution in [0.15, 0.2) is 30.6 Å². The zero-order chi connectivity index (χ0) is 13.9. The molecule has 1 aliphatic rings. The Kier molecular flexibility index (Phi) is 3.65. The normalized spacial score (nSPS) is 14.7. The van der Waals surface area contributed by atoms with Gasteiger partial charge in [0.15, 0.2) is 0 Å².